The van der Waals surface area contributed by atoms with E-state index in [0.717, 1.165) is 40.6 Å². The monoisotopic (exact) mass is 538 g/mol. The summed E-state index contributed by atoms with van der Waals surface area (Å²) in [5, 5.41) is 0. The highest BCUT2D eigenvalue weighted by Crippen LogP contribution is 2.27. The molecule has 0 saturated carbocycles. The first-order chi connectivity index (χ1) is 17.1. The molecule has 0 aliphatic rings. The number of halogens is 1. The fourth-order valence-corrected chi connectivity index (χ4v) is 4.18. The molecule has 0 N–H and O–H groups in total. The van der Waals surface area contributed by atoms with E-state index in [9.17, 15) is 4.79 Å². The van der Waals surface area contributed by atoms with Crippen molar-refractivity contribution in [3.63, 3.8) is 0 Å². The van der Waals surface area contributed by atoms with Gasteiger partial charge in [-0.1, -0.05) is 52.4 Å². The van der Waals surface area contributed by atoms with Crippen LogP contribution in [0.3, 0.4) is 0 Å². The van der Waals surface area contributed by atoms with Crippen LogP contribution >= 0.6 is 15.9 Å². The number of benzene rings is 2. The maximum atomic E-state index is 12.6. The second-order valence-electron chi connectivity index (χ2n) is 8.69. The lowest BCUT2D eigenvalue weighted by molar-refractivity contribution is 0.0734. The van der Waals surface area contributed by atoms with Gasteiger partial charge in [-0.2, -0.15) is 0 Å². The molecule has 0 aliphatic carbocycles. The molecule has 0 aliphatic heterocycles. The molecule has 0 unspecified atom stereocenters. The Bertz CT molecular complexity index is 1050. The number of carbonyl (C=O) groups is 1. The number of hydrogen-bond donors (Lipinski definition) is 0. The summed E-state index contributed by atoms with van der Waals surface area (Å²) in [7, 11) is 0. The average Bonchev–Trinajstić information content (AvgIpc) is 2.88. The number of aromatic nitrogens is 2. The standard InChI is InChI=1S/C29H35BrN2O3/c1-3-5-7-9-11-22-20-31-28(32-21-22)23-12-15-25(16-13-23)35-29(33)24-14-17-27(26(30)19-24)34-18-10-8-6-4-2/h12-17,19-21H,3-11,18H2,1-2H3. The van der Waals surface area contributed by atoms with E-state index in [2.05, 4.69) is 39.7 Å². The molecule has 3 rings (SSSR count). The van der Waals surface area contributed by atoms with Gasteiger partial charge in [0.15, 0.2) is 5.82 Å². The van der Waals surface area contributed by atoms with Crippen molar-refractivity contribution in [1.82, 2.24) is 9.97 Å². The first-order valence-electron chi connectivity index (χ1n) is 12.7. The van der Waals surface area contributed by atoms with Crippen molar-refractivity contribution in [1.29, 1.82) is 0 Å². The van der Waals surface area contributed by atoms with Gasteiger partial charge >= 0.3 is 5.97 Å². The zero-order chi connectivity index (χ0) is 24.9. The van der Waals surface area contributed by atoms with Gasteiger partial charge in [0, 0.05) is 18.0 Å². The van der Waals surface area contributed by atoms with Crippen LogP contribution < -0.4 is 9.47 Å². The van der Waals surface area contributed by atoms with Crippen molar-refractivity contribution in [3.05, 3.63) is 70.5 Å². The van der Waals surface area contributed by atoms with E-state index in [1.165, 1.54) is 38.5 Å². The number of carbonyl (C=O) groups excluding carboxylic acids is 1. The SMILES string of the molecule is CCCCCCOc1ccc(C(=O)Oc2ccc(-c3ncc(CCCCCC)cn3)cc2)cc1Br. The molecule has 6 heteroatoms. The number of esters is 1. The van der Waals surface area contributed by atoms with E-state index in [-0.39, 0.29) is 0 Å². The summed E-state index contributed by atoms with van der Waals surface area (Å²) in [6.45, 7) is 5.07. The molecule has 1 heterocycles. The first kappa shape index (κ1) is 26.9. The molecule has 35 heavy (non-hydrogen) atoms. The normalized spacial score (nSPS) is 10.8. The summed E-state index contributed by atoms with van der Waals surface area (Å²) in [5.41, 5.74) is 2.50. The predicted molar refractivity (Wildman–Crippen MR) is 144 cm³/mol. The number of unbranched alkanes of at least 4 members (excludes halogenated alkanes) is 6. The van der Waals surface area contributed by atoms with E-state index in [0.29, 0.717) is 23.7 Å². The zero-order valence-electron chi connectivity index (χ0n) is 20.8. The number of nitrogens with zero attached hydrogens (tertiary/aromatic N) is 2. The zero-order valence-corrected chi connectivity index (χ0v) is 22.4. The molecule has 0 amide bonds. The predicted octanol–water partition coefficient (Wildman–Crippen LogP) is 8.21. The molecule has 0 spiro atoms. The minimum atomic E-state index is -0.420. The summed E-state index contributed by atoms with van der Waals surface area (Å²) >= 11 is 3.50. The van der Waals surface area contributed by atoms with Crippen LogP contribution in [0.2, 0.25) is 0 Å². The van der Waals surface area contributed by atoms with Gasteiger partial charge in [-0.3, -0.25) is 0 Å². The molecule has 0 fully saturated rings. The van der Waals surface area contributed by atoms with Crippen molar-refractivity contribution in [2.75, 3.05) is 6.61 Å². The van der Waals surface area contributed by atoms with Gasteiger partial charge in [0.1, 0.15) is 11.5 Å². The molecular formula is C29H35BrN2O3. The molecule has 0 saturated heterocycles. The maximum Gasteiger partial charge on any atom is 0.343 e. The van der Waals surface area contributed by atoms with E-state index in [4.69, 9.17) is 9.47 Å². The van der Waals surface area contributed by atoms with Gasteiger partial charge in [0.25, 0.3) is 0 Å². The Morgan fingerprint density at radius 3 is 2.20 bits per heavy atom. The molecule has 0 bridgehead atoms. The topological polar surface area (TPSA) is 61.3 Å². The highest BCUT2D eigenvalue weighted by Gasteiger charge is 2.12. The number of rotatable bonds is 14. The lowest BCUT2D eigenvalue weighted by Gasteiger charge is -2.10. The average molecular weight is 540 g/mol. The van der Waals surface area contributed by atoms with Crippen LogP contribution in [0.1, 0.15) is 81.1 Å². The minimum absolute atomic E-state index is 0.420. The van der Waals surface area contributed by atoms with Crippen LogP contribution in [-0.2, 0) is 6.42 Å². The summed E-state index contributed by atoms with van der Waals surface area (Å²) in [6.07, 6.45) is 14.3. The molecule has 1 aromatic heterocycles. The lowest BCUT2D eigenvalue weighted by atomic mass is 10.1. The van der Waals surface area contributed by atoms with Crippen molar-refractivity contribution in [2.24, 2.45) is 0 Å². The number of aryl methyl sites for hydroxylation is 1. The van der Waals surface area contributed by atoms with Crippen molar-refractivity contribution >= 4 is 21.9 Å². The van der Waals surface area contributed by atoms with Crippen LogP contribution in [0.5, 0.6) is 11.5 Å². The van der Waals surface area contributed by atoms with Crippen LogP contribution in [0.25, 0.3) is 11.4 Å². The smallest absolute Gasteiger partial charge is 0.343 e. The van der Waals surface area contributed by atoms with Crippen LogP contribution in [0.4, 0.5) is 0 Å². The molecule has 186 valence electrons. The Kier molecular flexibility index (Phi) is 11.2. The maximum absolute atomic E-state index is 12.6. The van der Waals surface area contributed by atoms with Gasteiger partial charge in [-0.05, 0) is 83.2 Å². The van der Waals surface area contributed by atoms with E-state index in [1.807, 2.05) is 24.5 Å². The summed E-state index contributed by atoms with van der Waals surface area (Å²) < 4.78 is 12.1. The van der Waals surface area contributed by atoms with Crippen LogP contribution in [0.15, 0.2) is 59.3 Å². The lowest BCUT2D eigenvalue weighted by Crippen LogP contribution is -2.09. The molecule has 3 aromatic rings. The van der Waals surface area contributed by atoms with E-state index in [1.54, 1.807) is 30.3 Å². The van der Waals surface area contributed by atoms with Gasteiger partial charge in [0.05, 0.1) is 16.6 Å². The third kappa shape index (κ3) is 8.77. The number of hydrogen-bond acceptors (Lipinski definition) is 5. The molecule has 0 radical (unpaired) electrons. The quantitative estimate of drug-likeness (QED) is 0.117. The Balaban J connectivity index is 1.52. The summed E-state index contributed by atoms with van der Waals surface area (Å²) in [4.78, 5) is 21.6. The van der Waals surface area contributed by atoms with Crippen molar-refractivity contribution in [3.8, 4) is 22.9 Å². The fraction of sp³-hybridized carbons (Fsp3) is 0.414. The Morgan fingerprint density at radius 1 is 0.857 bits per heavy atom. The van der Waals surface area contributed by atoms with Crippen LogP contribution in [-0.4, -0.2) is 22.5 Å². The Labute approximate surface area is 217 Å². The van der Waals surface area contributed by atoms with Gasteiger partial charge < -0.3 is 9.47 Å². The highest BCUT2D eigenvalue weighted by molar-refractivity contribution is 9.10. The molecule has 5 nitrogen and oxygen atoms in total. The third-order valence-corrected chi connectivity index (χ3v) is 6.39. The molecular weight excluding hydrogens is 504 g/mol. The fourth-order valence-electron chi connectivity index (χ4n) is 3.68. The first-order valence-corrected chi connectivity index (χ1v) is 13.5. The van der Waals surface area contributed by atoms with E-state index >= 15 is 0 Å². The minimum Gasteiger partial charge on any atom is -0.492 e. The van der Waals surface area contributed by atoms with Crippen LogP contribution in [0, 0.1) is 0 Å². The number of ether oxygens (including phenoxy) is 2. The van der Waals surface area contributed by atoms with Crippen molar-refractivity contribution < 1.29 is 14.3 Å². The Morgan fingerprint density at radius 2 is 1.54 bits per heavy atom. The summed E-state index contributed by atoms with van der Waals surface area (Å²) in [5.74, 6) is 1.44. The second-order valence-corrected chi connectivity index (χ2v) is 9.55. The van der Waals surface area contributed by atoms with Gasteiger partial charge in [-0.15, -0.1) is 0 Å². The van der Waals surface area contributed by atoms with E-state index < -0.39 is 5.97 Å². The van der Waals surface area contributed by atoms with Gasteiger partial charge in [-0.25, -0.2) is 14.8 Å². The molecule has 0 atom stereocenters. The van der Waals surface area contributed by atoms with Gasteiger partial charge in [0.2, 0.25) is 0 Å². The Hall–Kier alpha value is -2.73. The highest BCUT2D eigenvalue weighted by atomic mass is 79.9. The largest absolute Gasteiger partial charge is 0.492 e. The summed E-state index contributed by atoms with van der Waals surface area (Å²) in [6, 6.07) is 12.5. The molecule has 2 aromatic carbocycles. The second kappa shape index (κ2) is 14.6. The van der Waals surface area contributed by atoms with Crippen molar-refractivity contribution in [2.45, 2.75) is 71.6 Å². The third-order valence-electron chi connectivity index (χ3n) is 5.77.